The lowest BCUT2D eigenvalue weighted by molar-refractivity contribution is -0.120. The predicted molar refractivity (Wildman–Crippen MR) is 116 cm³/mol. The fraction of sp³-hybridized carbons (Fsp3) is 0.522. The number of amides is 1. The molecule has 7 heteroatoms. The van der Waals surface area contributed by atoms with Crippen molar-refractivity contribution in [3.63, 3.8) is 0 Å². The molecule has 0 saturated heterocycles. The quantitative estimate of drug-likeness (QED) is 0.586. The summed E-state index contributed by atoms with van der Waals surface area (Å²) in [4.78, 5) is 12.9. The predicted octanol–water partition coefficient (Wildman–Crippen LogP) is 4.01. The summed E-state index contributed by atoms with van der Waals surface area (Å²) in [6, 6.07) is 4.83. The van der Waals surface area contributed by atoms with Gasteiger partial charge in [0.2, 0.25) is 5.91 Å². The van der Waals surface area contributed by atoms with Crippen molar-refractivity contribution in [1.82, 2.24) is 10.6 Å². The minimum absolute atomic E-state index is 0.0844. The second-order valence-corrected chi connectivity index (χ2v) is 10.2. The number of carbonyl (C=O) groups excluding carboxylic acids is 1. The van der Waals surface area contributed by atoms with Crippen LogP contribution in [0.25, 0.3) is 0 Å². The maximum absolute atomic E-state index is 13.5. The highest BCUT2D eigenvalue weighted by molar-refractivity contribution is 7.10. The maximum Gasteiger partial charge on any atom is 0.217 e. The lowest BCUT2D eigenvalue weighted by Crippen LogP contribution is -2.49. The first-order chi connectivity index (χ1) is 14.0. The third-order valence-corrected chi connectivity index (χ3v) is 6.70. The fourth-order valence-electron chi connectivity index (χ4n) is 3.59. The molecule has 1 aliphatic rings. The summed E-state index contributed by atoms with van der Waals surface area (Å²) in [5.41, 5.74) is 1.63. The molecule has 30 heavy (non-hydrogen) atoms. The minimum Gasteiger partial charge on any atom is -0.390 e. The average Bonchev–Trinajstić information content (AvgIpc) is 3.22. The van der Waals surface area contributed by atoms with E-state index in [0.717, 1.165) is 18.9 Å². The fourth-order valence-corrected chi connectivity index (χ4v) is 4.96. The van der Waals surface area contributed by atoms with Gasteiger partial charge in [0.15, 0.2) is 0 Å². The number of rotatable bonds is 8. The second-order valence-electron chi connectivity index (χ2n) is 9.27. The first-order valence-corrected chi connectivity index (χ1v) is 11.1. The van der Waals surface area contributed by atoms with Crippen LogP contribution >= 0.6 is 11.3 Å². The van der Waals surface area contributed by atoms with Gasteiger partial charge in [-0.2, -0.15) is 0 Å². The third kappa shape index (κ3) is 5.65. The van der Waals surface area contributed by atoms with Gasteiger partial charge in [-0.25, -0.2) is 8.78 Å². The molecule has 4 nitrogen and oxygen atoms in total. The lowest BCUT2D eigenvalue weighted by atomic mass is 9.89. The number of thiophene rings is 1. The Bertz CT molecular complexity index is 883. The van der Waals surface area contributed by atoms with Crippen molar-refractivity contribution in [1.29, 1.82) is 0 Å². The molecule has 3 N–H and O–H groups in total. The minimum atomic E-state index is -0.903. The Morgan fingerprint density at radius 3 is 2.33 bits per heavy atom. The van der Waals surface area contributed by atoms with E-state index in [-0.39, 0.29) is 29.8 Å². The van der Waals surface area contributed by atoms with Gasteiger partial charge >= 0.3 is 0 Å². The standard InChI is InChI=1S/C23H30F2N2O2S/c1-14(28)27-19(9-15-7-17(24)11-18(25)8-15)20(29)12-26-23(5-6-23)21-10-16(13-30-21)22(2,3)4/h7-8,10-11,13,19-20,26,29H,5-6,9,12H2,1-4H3,(H,27,28). The Morgan fingerprint density at radius 1 is 1.20 bits per heavy atom. The molecule has 0 radical (unpaired) electrons. The van der Waals surface area contributed by atoms with Crippen LogP contribution in [0.4, 0.5) is 8.78 Å². The average molecular weight is 437 g/mol. The number of halogens is 2. The van der Waals surface area contributed by atoms with Crippen LogP contribution in [-0.2, 0) is 22.2 Å². The van der Waals surface area contributed by atoms with Crippen molar-refractivity contribution >= 4 is 17.2 Å². The van der Waals surface area contributed by atoms with E-state index in [1.165, 1.54) is 29.5 Å². The van der Waals surface area contributed by atoms with Gasteiger partial charge in [0.1, 0.15) is 11.6 Å². The Morgan fingerprint density at radius 2 is 1.83 bits per heavy atom. The zero-order valence-corrected chi connectivity index (χ0v) is 18.7. The Balaban J connectivity index is 1.67. The largest absolute Gasteiger partial charge is 0.390 e. The summed E-state index contributed by atoms with van der Waals surface area (Å²) >= 11 is 1.73. The van der Waals surface area contributed by atoms with E-state index in [9.17, 15) is 18.7 Å². The summed E-state index contributed by atoms with van der Waals surface area (Å²) in [7, 11) is 0. The molecule has 1 heterocycles. The molecule has 0 aliphatic heterocycles. The summed E-state index contributed by atoms with van der Waals surface area (Å²) in [6.45, 7) is 8.18. The van der Waals surface area contributed by atoms with Crippen LogP contribution in [0.15, 0.2) is 29.6 Å². The van der Waals surface area contributed by atoms with Crippen molar-refractivity contribution in [2.45, 2.75) is 70.1 Å². The number of aliphatic hydroxyl groups is 1. The number of nitrogens with one attached hydrogen (secondary N) is 2. The highest BCUT2D eigenvalue weighted by Crippen LogP contribution is 2.48. The van der Waals surface area contributed by atoms with Crippen molar-refractivity contribution < 1.29 is 18.7 Å². The van der Waals surface area contributed by atoms with Gasteiger partial charge in [0.25, 0.3) is 0 Å². The van der Waals surface area contributed by atoms with E-state index >= 15 is 0 Å². The number of benzene rings is 1. The topological polar surface area (TPSA) is 61.4 Å². The highest BCUT2D eigenvalue weighted by atomic mass is 32.1. The summed E-state index contributed by atoms with van der Waals surface area (Å²) in [6.07, 6.45) is 1.21. The number of carbonyl (C=O) groups is 1. The molecular formula is C23H30F2N2O2S. The molecule has 1 saturated carbocycles. The zero-order valence-electron chi connectivity index (χ0n) is 17.9. The van der Waals surface area contributed by atoms with Crippen molar-refractivity contribution in [2.24, 2.45) is 0 Å². The third-order valence-electron chi connectivity index (χ3n) is 5.57. The van der Waals surface area contributed by atoms with Gasteiger partial charge in [0.05, 0.1) is 17.7 Å². The highest BCUT2D eigenvalue weighted by Gasteiger charge is 2.46. The molecular weight excluding hydrogens is 406 g/mol. The molecule has 0 spiro atoms. The van der Waals surface area contributed by atoms with Crippen molar-refractivity contribution in [2.75, 3.05) is 6.54 Å². The summed E-state index contributed by atoms with van der Waals surface area (Å²) in [5.74, 6) is -1.66. The Labute approximate surface area is 180 Å². The first-order valence-electron chi connectivity index (χ1n) is 10.2. The number of aliphatic hydroxyl groups excluding tert-OH is 1. The molecule has 2 unspecified atom stereocenters. The molecule has 3 rings (SSSR count). The van der Waals surface area contributed by atoms with Crippen LogP contribution in [0.1, 0.15) is 56.5 Å². The van der Waals surface area contributed by atoms with Crippen LogP contribution in [0.3, 0.4) is 0 Å². The van der Waals surface area contributed by atoms with E-state index in [4.69, 9.17) is 0 Å². The molecule has 1 aromatic heterocycles. The molecule has 1 fully saturated rings. The molecule has 164 valence electrons. The monoisotopic (exact) mass is 436 g/mol. The van der Waals surface area contributed by atoms with Gasteiger partial charge < -0.3 is 15.7 Å². The molecule has 2 atom stereocenters. The normalized spacial score (nSPS) is 17.4. The van der Waals surface area contributed by atoms with Crippen LogP contribution < -0.4 is 10.6 Å². The van der Waals surface area contributed by atoms with E-state index in [1.54, 1.807) is 11.3 Å². The van der Waals surface area contributed by atoms with Crippen LogP contribution in [0.5, 0.6) is 0 Å². The number of hydrogen-bond acceptors (Lipinski definition) is 4. The molecule has 1 amide bonds. The lowest BCUT2D eigenvalue weighted by Gasteiger charge is -2.26. The first kappa shape index (κ1) is 22.8. The zero-order chi connectivity index (χ0) is 22.1. The van der Waals surface area contributed by atoms with Gasteiger partial charge in [-0.1, -0.05) is 20.8 Å². The van der Waals surface area contributed by atoms with Crippen LogP contribution in [0.2, 0.25) is 0 Å². The maximum atomic E-state index is 13.5. The van der Waals surface area contributed by atoms with Gasteiger partial charge in [-0.15, -0.1) is 11.3 Å². The van der Waals surface area contributed by atoms with Gasteiger partial charge in [-0.3, -0.25) is 4.79 Å². The van der Waals surface area contributed by atoms with Crippen molar-refractivity contribution in [3.8, 4) is 0 Å². The second kappa shape index (κ2) is 8.73. The van der Waals surface area contributed by atoms with E-state index in [1.807, 2.05) is 0 Å². The van der Waals surface area contributed by atoms with Crippen LogP contribution in [-0.4, -0.2) is 29.7 Å². The SMILES string of the molecule is CC(=O)NC(Cc1cc(F)cc(F)c1)C(O)CNC1(c2cc(C(C)(C)C)cs2)CC1. The summed E-state index contributed by atoms with van der Waals surface area (Å²) in [5, 5.41) is 19.1. The smallest absolute Gasteiger partial charge is 0.217 e. The number of hydrogen-bond donors (Lipinski definition) is 3. The molecule has 0 bridgehead atoms. The van der Waals surface area contributed by atoms with Crippen molar-refractivity contribution in [3.05, 3.63) is 57.3 Å². The van der Waals surface area contributed by atoms with Crippen LogP contribution in [0, 0.1) is 11.6 Å². The van der Waals surface area contributed by atoms with E-state index in [2.05, 4.69) is 42.9 Å². The summed E-state index contributed by atoms with van der Waals surface area (Å²) < 4.78 is 27.1. The Kier molecular flexibility index (Phi) is 6.65. The molecule has 1 aliphatic carbocycles. The molecule has 2 aromatic rings. The van der Waals surface area contributed by atoms with E-state index in [0.29, 0.717) is 5.56 Å². The van der Waals surface area contributed by atoms with Gasteiger partial charge in [-0.05, 0) is 59.4 Å². The molecule has 1 aromatic carbocycles. The Hall–Kier alpha value is -1.83. The van der Waals surface area contributed by atoms with Gasteiger partial charge in [0, 0.05) is 24.4 Å². The van der Waals surface area contributed by atoms with E-state index < -0.39 is 23.8 Å².